The maximum absolute atomic E-state index is 12.9. The van der Waals surface area contributed by atoms with Crippen LogP contribution in [-0.2, 0) is 30.5 Å². The summed E-state index contributed by atoms with van der Waals surface area (Å²) in [4.78, 5) is 14.5. The maximum atomic E-state index is 12.9. The maximum Gasteiger partial charge on any atom is 0.435 e. The van der Waals surface area contributed by atoms with Crippen molar-refractivity contribution in [1.29, 1.82) is 0 Å². The summed E-state index contributed by atoms with van der Waals surface area (Å²) in [5.41, 5.74) is -1.17. The SMILES string of the molecule is CN(Cc1cccs1)C(=O)Cn1cc(CCO)c(C(F)(F)F)n1. The zero-order chi connectivity index (χ0) is 17.0. The predicted molar refractivity (Wildman–Crippen MR) is 78.8 cm³/mol. The zero-order valence-electron chi connectivity index (χ0n) is 12.4. The minimum Gasteiger partial charge on any atom is -0.396 e. The molecule has 2 heterocycles. The number of hydrogen-bond acceptors (Lipinski definition) is 4. The van der Waals surface area contributed by atoms with Crippen molar-refractivity contribution in [3.05, 3.63) is 39.8 Å². The minimum atomic E-state index is -4.61. The fourth-order valence-electron chi connectivity index (χ4n) is 2.07. The first-order valence-electron chi connectivity index (χ1n) is 6.82. The van der Waals surface area contributed by atoms with Crippen LogP contribution in [0.15, 0.2) is 23.7 Å². The molecule has 1 amide bonds. The Morgan fingerprint density at radius 1 is 1.48 bits per heavy atom. The van der Waals surface area contributed by atoms with Crippen molar-refractivity contribution in [2.45, 2.75) is 25.7 Å². The monoisotopic (exact) mass is 347 g/mol. The molecule has 1 N–H and O–H groups in total. The number of amides is 1. The number of carbonyl (C=O) groups is 1. The number of halogens is 3. The molecule has 126 valence electrons. The highest BCUT2D eigenvalue weighted by Gasteiger charge is 2.37. The highest BCUT2D eigenvalue weighted by Crippen LogP contribution is 2.30. The molecule has 0 saturated carbocycles. The van der Waals surface area contributed by atoms with Crippen molar-refractivity contribution in [3.8, 4) is 0 Å². The van der Waals surface area contributed by atoms with E-state index in [2.05, 4.69) is 5.10 Å². The summed E-state index contributed by atoms with van der Waals surface area (Å²) in [6.45, 7) is -0.301. The van der Waals surface area contributed by atoms with Crippen LogP contribution in [0, 0.1) is 0 Å². The first kappa shape index (κ1) is 17.5. The Balaban J connectivity index is 2.08. The van der Waals surface area contributed by atoms with Crippen molar-refractivity contribution in [2.24, 2.45) is 0 Å². The summed E-state index contributed by atoms with van der Waals surface area (Å²) in [6.07, 6.45) is -3.61. The van der Waals surface area contributed by atoms with Gasteiger partial charge in [-0.25, -0.2) is 0 Å². The number of thiophene rings is 1. The average molecular weight is 347 g/mol. The van der Waals surface area contributed by atoms with E-state index in [4.69, 9.17) is 5.11 Å². The van der Waals surface area contributed by atoms with E-state index in [9.17, 15) is 18.0 Å². The van der Waals surface area contributed by atoms with Gasteiger partial charge in [-0.05, 0) is 17.9 Å². The lowest BCUT2D eigenvalue weighted by Gasteiger charge is -2.16. The zero-order valence-corrected chi connectivity index (χ0v) is 13.2. The lowest BCUT2D eigenvalue weighted by Crippen LogP contribution is -2.29. The minimum absolute atomic E-state index is 0.117. The Morgan fingerprint density at radius 3 is 2.78 bits per heavy atom. The van der Waals surface area contributed by atoms with Crippen molar-refractivity contribution < 1.29 is 23.1 Å². The summed E-state index contributed by atoms with van der Waals surface area (Å²) in [5.74, 6) is -0.342. The summed E-state index contributed by atoms with van der Waals surface area (Å²) in [5, 5.41) is 14.2. The predicted octanol–water partition coefficient (Wildman–Crippen LogP) is 2.16. The molecule has 0 aromatic carbocycles. The molecule has 0 radical (unpaired) electrons. The van der Waals surface area contributed by atoms with Gasteiger partial charge in [-0.15, -0.1) is 11.3 Å². The highest BCUT2D eigenvalue weighted by atomic mass is 32.1. The van der Waals surface area contributed by atoms with Crippen LogP contribution >= 0.6 is 11.3 Å². The lowest BCUT2D eigenvalue weighted by atomic mass is 10.2. The van der Waals surface area contributed by atoms with Gasteiger partial charge in [0, 0.05) is 30.3 Å². The van der Waals surface area contributed by atoms with Gasteiger partial charge in [0.15, 0.2) is 5.69 Å². The number of likely N-dealkylation sites (N-methyl/N-ethyl adjacent to an activating group) is 1. The van der Waals surface area contributed by atoms with E-state index in [0.29, 0.717) is 6.54 Å². The fraction of sp³-hybridized carbons (Fsp3) is 0.429. The van der Waals surface area contributed by atoms with Crippen molar-refractivity contribution >= 4 is 17.2 Å². The number of nitrogens with zero attached hydrogens (tertiary/aromatic N) is 3. The van der Waals surface area contributed by atoms with Gasteiger partial charge in [0.2, 0.25) is 5.91 Å². The van der Waals surface area contributed by atoms with E-state index in [1.54, 1.807) is 7.05 Å². The second-order valence-electron chi connectivity index (χ2n) is 5.00. The number of carbonyl (C=O) groups excluding carboxylic acids is 1. The first-order valence-corrected chi connectivity index (χ1v) is 7.70. The van der Waals surface area contributed by atoms with Gasteiger partial charge in [0.1, 0.15) is 6.54 Å². The molecule has 9 heteroatoms. The Labute approximate surface area is 135 Å². The number of hydrogen-bond donors (Lipinski definition) is 1. The third-order valence-corrected chi connectivity index (χ3v) is 4.04. The summed E-state index contributed by atoms with van der Waals surface area (Å²) in [7, 11) is 1.59. The number of aliphatic hydroxyl groups is 1. The van der Waals surface area contributed by atoms with Gasteiger partial charge in [-0.1, -0.05) is 6.07 Å². The molecule has 0 aliphatic carbocycles. The third kappa shape index (κ3) is 4.55. The summed E-state index contributed by atoms with van der Waals surface area (Å²) in [6, 6.07) is 3.74. The van der Waals surface area contributed by atoms with Gasteiger partial charge in [-0.2, -0.15) is 18.3 Å². The fourth-order valence-corrected chi connectivity index (χ4v) is 2.83. The second-order valence-corrected chi connectivity index (χ2v) is 6.03. The molecule has 0 spiro atoms. The van der Waals surface area contributed by atoms with Crippen LogP contribution in [-0.4, -0.2) is 39.3 Å². The van der Waals surface area contributed by atoms with Crippen LogP contribution < -0.4 is 0 Å². The van der Waals surface area contributed by atoms with Crippen LogP contribution in [0.4, 0.5) is 13.2 Å². The molecule has 0 bridgehead atoms. The molecule has 0 atom stereocenters. The van der Waals surface area contributed by atoms with E-state index < -0.39 is 18.5 Å². The van der Waals surface area contributed by atoms with Crippen LogP contribution in [0.3, 0.4) is 0 Å². The summed E-state index contributed by atoms with van der Waals surface area (Å²) < 4.78 is 39.6. The smallest absolute Gasteiger partial charge is 0.396 e. The molecule has 0 unspecified atom stereocenters. The molecule has 5 nitrogen and oxygen atoms in total. The molecular formula is C14H16F3N3O2S. The molecule has 0 aliphatic heterocycles. The van der Waals surface area contributed by atoms with Gasteiger partial charge in [-0.3, -0.25) is 9.48 Å². The quantitative estimate of drug-likeness (QED) is 0.871. The van der Waals surface area contributed by atoms with E-state index in [1.165, 1.54) is 16.2 Å². The van der Waals surface area contributed by atoms with E-state index >= 15 is 0 Å². The lowest BCUT2D eigenvalue weighted by molar-refractivity contribution is -0.142. The molecule has 0 fully saturated rings. The van der Waals surface area contributed by atoms with Crippen LogP contribution in [0.1, 0.15) is 16.1 Å². The van der Waals surface area contributed by atoms with E-state index in [0.717, 1.165) is 15.8 Å². The van der Waals surface area contributed by atoms with Gasteiger partial charge in [0.25, 0.3) is 0 Å². The standard InChI is InChI=1S/C14H16F3N3O2S/c1-19(8-11-3-2-6-23-11)12(22)9-20-7-10(4-5-21)13(18-20)14(15,16)17/h2-3,6-7,21H,4-5,8-9H2,1H3. The number of rotatable bonds is 6. The van der Waals surface area contributed by atoms with Gasteiger partial charge < -0.3 is 10.0 Å². The Kier molecular flexibility index (Phi) is 5.42. The van der Waals surface area contributed by atoms with Crippen molar-refractivity contribution in [1.82, 2.24) is 14.7 Å². The molecule has 0 saturated heterocycles. The van der Waals surface area contributed by atoms with E-state index in [1.807, 2.05) is 17.5 Å². The molecule has 0 aliphatic rings. The summed E-state index contributed by atoms with van der Waals surface area (Å²) >= 11 is 1.50. The number of alkyl halides is 3. The topological polar surface area (TPSA) is 58.4 Å². The van der Waals surface area contributed by atoms with Gasteiger partial charge >= 0.3 is 6.18 Å². The van der Waals surface area contributed by atoms with Crippen LogP contribution in [0.25, 0.3) is 0 Å². The van der Waals surface area contributed by atoms with Crippen LogP contribution in [0.5, 0.6) is 0 Å². The largest absolute Gasteiger partial charge is 0.435 e. The average Bonchev–Trinajstić information content (AvgIpc) is 3.08. The van der Waals surface area contributed by atoms with Crippen molar-refractivity contribution in [3.63, 3.8) is 0 Å². The normalized spacial score (nSPS) is 11.7. The van der Waals surface area contributed by atoms with Gasteiger partial charge in [0.05, 0.1) is 6.54 Å². The first-order chi connectivity index (χ1) is 10.8. The molecule has 2 rings (SSSR count). The number of aliphatic hydroxyl groups excluding tert-OH is 1. The second kappa shape index (κ2) is 7.14. The molecule has 2 aromatic rings. The molecule has 2 aromatic heterocycles. The molecule has 23 heavy (non-hydrogen) atoms. The Hall–Kier alpha value is -1.87. The van der Waals surface area contributed by atoms with Crippen molar-refractivity contribution in [2.75, 3.05) is 13.7 Å². The Morgan fingerprint density at radius 2 is 2.22 bits per heavy atom. The highest BCUT2D eigenvalue weighted by molar-refractivity contribution is 7.09. The Bertz CT molecular complexity index is 653. The number of aromatic nitrogens is 2. The van der Waals surface area contributed by atoms with E-state index in [-0.39, 0.29) is 24.4 Å². The third-order valence-electron chi connectivity index (χ3n) is 3.18. The van der Waals surface area contributed by atoms with Crippen LogP contribution in [0.2, 0.25) is 0 Å². The molecular weight excluding hydrogens is 331 g/mol.